The second-order valence-corrected chi connectivity index (χ2v) is 12.2. The van der Waals surface area contributed by atoms with E-state index >= 15 is 4.39 Å². The van der Waals surface area contributed by atoms with Crippen LogP contribution < -0.4 is 9.64 Å². The van der Waals surface area contributed by atoms with Gasteiger partial charge in [0.2, 0.25) is 0 Å². The van der Waals surface area contributed by atoms with Gasteiger partial charge >= 0.3 is 6.01 Å². The number of fused-ring (bicyclic) bond motifs is 5. The lowest BCUT2D eigenvalue weighted by atomic mass is 9.92. The lowest BCUT2D eigenvalue weighted by molar-refractivity contribution is 0.0830. The number of phenolic OH excluding ortho intramolecular Hbond substituents is 1. The number of aromatic nitrogens is 3. The summed E-state index contributed by atoms with van der Waals surface area (Å²) in [5, 5.41) is 11.7. The molecule has 1 unspecified atom stereocenters. The molecule has 2 aromatic carbocycles. The van der Waals surface area contributed by atoms with Gasteiger partial charge in [0.15, 0.2) is 5.82 Å². The number of terminal acetylenes is 1. The summed E-state index contributed by atoms with van der Waals surface area (Å²) in [6, 6.07) is 5.67. The van der Waals surface area contributed by atoms with Crippen LogP contribution in [0.1, 0.15) is 31.2 Å². The third kappa shape index (κ3) is 4.20. The van der Waals surface area contributed by atoms with Crippen LogP contribution in [0.25, 0.3) is 32.9 Å². The second kappa shape index (κ2) is 10.00. The number of hydrogen-bond donors (Lipinski definition) is 1. The van der Waals surface area contributed by atoms with E-state index in [4.69, 9.17) is 20.9 Å². The molecule has 10 heteroatoms. The summed E-state index contributed by atoms with van der Waals surface area (Å²) in [7, 11) is 0. The zero-order chi connectivity index (χ0) is 29.3. The smallest absolute Gasteiger partial charge is 0.319 e. The lowest BCUT2D eigenvalue weighted by Gasteiger charge is -2.34. The highest BCUT2D eigenvalue weighted by atomic mass is 19.1. The third-order valence-electron chi connectivity index (χ3n) is 9.80. The molecule has 0 amide bonds. The summed E-state index contributed by atoms with van der Waals surface area (Å²) < 4.78 is 43.5. The Kier molecular flexibility index (Phi) is 6.17. The van der Waals surface area contributed by atoms with Gasteiger partial charge in [-0.25, -0.2) is 8.78 Å². The highest BCUT2D eigenvalue weighted by Gasteiger charge is 2.63. The van der Waals surface area contributed by atoms with Crippen LogP contribution in [-0.2, 0) is 4.74 Å². The molecule has 4 aromatic rings. The molecule has 4 fully saturated rings. The van der Waals surface area contributed by atoms with Gasteiger partial charge in [0, 0.05) is 43.4 Å². The number of phenols is 1. The van der Waals surface area contributed by atoms with Gasteiger partial charge in [-0.1, -0.05) is 12.0 Å². The minimum absolute atomic E-state index is 0.00226. The molecule has 3 saturated heterocycles. The zero-order valence-electron chi connectivity index (χ0n) is 23.7. The van der Waals surface area contributed by atoms with Crippen LogP contribution in [0.3, 0.4) is 0 Å². The second-order valence-electron chi connectivity index (χ2n) is 12.2. The SMILES string of the molecule is C#Cc1c(F)ccc2cc(O)cc(-c3ncc4c(N5CCCOCC5)nc(OCC56CCCN5C[C@H]5C[C@H]56)nc4c3F)c12. The molecule has 0 bridgehead atoms. The maximum Gasteiger partial charge on any atom is 0.319 e. The van der Waals surface area contributed by atoms with E-state index in [2.05, 4.69) is 25.7 Å². The van der Waals surface area contributed by atoms with E-state index in [1.807, 2.05) is 0 Å². The lowest BCUT2D eigenvalue weighted by Crippen LogP contribution is -2.47. The summed E-state index contributed by atoms with van der Waals surface area (Å²) in [4.78, 5) is 18.5. The van der Waals surface area contributed by atoms with E-state index in [-0.39, 0.29) is 39.6 Å². The predicted molar refractivity (Wildman–Crippen MR) is 158 cm³/mol. The molecule has 220 valence electrons. The normalized spacial score (nSPS) is 25.0. The van der Waals surface area contributed by atoms with Crippen molar-refractivity contribution in [1.29, 1.82) is 0 Å². The first-order valence-electron chi connectivity index (χ1n) is 15.0. The zero-order valence-corrected chi connectivity index (χ0v) is 23.7. The van der Waals surface area contributed by atoms with Crippen molar-refractivity contribution in [1.82, 2.24) is 19.9 Å². The van der Waals surface area contributed by atoms with Crippen LogP contribution >= 0.6 is 0 Å². The Balaban J connectivity index is 1.28. The predicted octanol–water partition coefficient (Wildman–Crippen LogP) is 4.90. The van der Waals surface area contributed by atoms with E-state index in [1.165, 1.54) is 36.9 Å². The molecule has 8 rings (SSSR count). The molecule has 3 aliphatic heterocycles. The molecule has 43 heavy (non-hydrogen) atoms. The first kappa shape index (κ1) is 26.5. The number of anilines is 1. The molecule has 1 saturated carbocycles. The van der Waals surface area contributed by atoms with Crippen LogP contribution in [0.2, 0.25) is 0 Å². The van der Waals surface area contributed by atoms with Crippen LogP contribution in [-0.4, -0.2) is 76.5 Å². The summed E-state index contributed by atoms with van der Waals surface area (Å²) in [6.45, 7) is 5.08. The van der Waals surface area contributed by atoms with E-state index in [0.717, 1.165) is 38.3 Å². The first-order chi connectivity index (χ1) is 21.0. The Labute approximate surface area is 247 Å². The molecule has 1 N–H and O–H groups in total. The standard InChI is InChI=1S/C33H31F2N5O3/c1-2-22-26(34)6-5-19-13-21(41)15-23(27(19)22)29-28(35)30-24(16-36-29)31(39-8-4-11-42-12-10-39)38-32(37-30)43-18-33-7-3-9-40(33)17-20-14-25(20)33/h1,5-6,13,15-16,20,25,41H,3-4,7-12,14,17-18H2/t20-,25-,33?/m1/s1. The molecule has 0 spiro atoms. The molecule has 1 aliphatic carbocycles. The number of benzene rings is 2. The maximum atomic E-state index is 16.7. The minimum atomic E-state index is -0.722. The minimum Gasteiger partial charge on any atom is -0.508 e. The Hall–Kier alpha value is -4.07. The Morgan fingerprint density at radius 1 is 1.14 bits per heavy atom. The largest absolute Gasteiger partial charge is 0.508 e. The average Bonchev–Trinajstić information content (AvgIpc) is 3.66. The van der Waals surface area contributed by atoms with Crippen LogP contribution in [0, 0.1) is 35.8 Å². The monoisotopic (exact) mass is 583 g/mol. The highest BCUT2D eigenvalue weighted by Crippen LogP contribution is 2.59. The van der Waals surface area contributed by atoms with Crippen molar-refractivity contribution >= 4 is 27.5 Å². The van der Waals surface area contributed by atoms with Gasteiger partial charge in [-0.3, -0.25) is 9.88 Å². The van der Waals surface area contributed by atoms with Crippen LogP contribution in [0.4, 0.5) is 14.6 Å². The fraction of sp³-hybridized carbons (Fsp3) is 0.424. The Morgan fingerprint density at radius 2 is 2.05 bits per heavy atom. The number of nitrogens with zero attached hydrogens (tertiary/aromatic N) is 5. The fourth-order valence-electron chi connectivity index (χ4n) is 7.73. The first-order valence-corrected chi connectivity index (χ1v) is 15.0. The number of ether oxygens (including phenoxy) is 2. The summed E-state index contributed by atoms with van der Waals surface area (Å²) >= 11 is 0. The number of aromatic hydroxyl groups is 1. The topological polar surface area (TPSA) is 83.8 Å². The summed E-state index contributed by atoms with van der Waals surface area (Å²) in [5.41, 5.74) is 0.0989. The van der Waals surface area contributed by atoms with E-state index in [1.54, 1.807) is 0 Å². The van der Waals surface area contributed by atoms with Crippen molar-refractivity contribution in [2.75, 3.05) is 50.9 Å². The molecule has 0 radical (unpaired) electrons. The van der Waals surface area contributed by atoms with Crippen molar-refractivity contribution in [3.63, 3.8) is 0 Å². The molecular formula is C33H31F2N5O3. The quantitative estimate of drug-likeness (QED) is 0.333. The molecule has 5 heterocycles. The van der Waals surface area contributed by atoms with Crippen molar-refractivity contribution in [2.45, 2.75) is 31.2 Å². The number of rotatable bonds is 5. The molecule has 4 aliphatic rings. The average molecular weight is 584 g/mol. The van der Waals surface area contributed by atoms with Gasteiger partial charge in [-0.15, -0.1) is 6.42 Å². The molecule has 3 atom stereocenters. The molecule has 2 aromatic heterocycles. The highest BCUT2D eigenvalue weighted by molar-refractivity contribution is 6.03. The molecule has 8 nitrogen and oxygen atoms in total. The van der Waals surface area contributed by atoms with E-state index < -0.39 is 11.6 Å². The number of piperidine rings is 1. The van der Waals surface area contributed by atoms with Gasteiger partial charge in [0.25, 0.3) is 0 Å². The summed E-state index contributed by atoms with van der Waals surface area (Å²) in [6.07, 6.45) is 11.5. The van der Waals surface area contributed by atoms with Crippen LogP contribution in [0.15, 0.2) is 30.5 Å². The van der Waals surface area contributed by atoms with Crippen LogP contribution in [0.5, 0.6) is 11.8 Å². The van der Waals surface area contributed by atoms with Gasteiger partial charge < -0.3 is 19.5 Å². The Morgan fingerprint density at radius 3 is 2.93 bits per heavy atom. The van der Waals surface area contributed by atoms with Crippen molar-refractivity contribution in [3.05, 3.63) is 47.7 Å². The van der Waals surface area contributed by atoms with Gasteiger partial charge in [-0.2, -0.15) is 9.97 Å². The van der Waals surface area contributed by atoms with Crippen molar-refractivity contribution < 1.29 is 23.4 Å². The number of hydrogen-bond acceptors (Lipinski definition) is 8. The van der Waals surface area contributed by atoms with E-state index in [0.29, 0.717) is 60.8 Å². The van der Waals surface area contributed by atoms with E-state index in [9.17, 15) is 9.50 Å². The maximum absolute atomic E-state index is 16.7. The number of pyridine rings is 1. The Bertz CT molecular complexity index is 1820. The number of halogens is 2. The van der Waals surface area contributed by atoms with Gasteiger partial charge in [0.1, 0.15) is 35.2 Å². The van der Waals surface area contributed by atoms with Crippen molar-refractivity contribution in [2.24, 2.45) is 11.8 Å². The summed E-state index contributed by atoms with van der Waals surface area (Å²) in [5.74, 6) is 2.85. The fourth-order valence-corrected chi connectivity index (χ4v) is 7.73. The van der Waals surface area contributed by atoms with Gasteiger partial charge in [0.05, 0.1) is 23.1 Å². The third-order valence-corrected chi connectivity index (χ3v) is 9.80. The molecular weight excluding hydrogens is 552 g/mol. The van der Waals surface area contributed by atoms with Gasteiger partial charge in [-0.05, 0) is 67.6 Å². The van der Waals surface area contributed by atoms with Crippen molar-refractivity contribution in [3.8, 4) is 35.4 Å².